The van der Waals surface area contributed by atoms with Crippen LogP contribution in [0.15, 0.2) is 99.6 Å². The molecule has 0 aliphatic carbocycles. The smallest absolute Gasteiger partial charge is 0.108 e. The van der Waals surface area contributed by atoms with Gasteiger partial charge in [-0.15, -0.1) is 3.89 Å². The van der Waals surface area contributed by atoms with E-state index >= 15 is 3.89 Å². The zero-order valence-electron chi connectivity index (χ0n) is 15.6. The summed E-state index contributed by atoms with van der Waals surface area (Å²) in [6.45, 7) is 3.22. The van der Waals surface area contributed by atoms with E-state index in [0.717, 1.165) is 14.7 Å². The second-order valence-electron chi connectivity index (χ2n) is 7.35. The van der Waals surface area contributed by atoms with Crippen LogP contribution in [0.25, 0.3) is 0 Å². The van der Waals surface area contributed by atoms with Crippen molar-refractivity contribution in [3.63, 3.8) is 0 Å². The van der Waals surface area contributed by atoms with Crippen molar-refractivity contribution in [3.8, 4) is 0 Å². The van der Waals surface area contributed by atoms with Crippen molar-refractivity contribution >= 4 is 38.0 Å². The molecule has 0 fully saturated rings. The summed E-state index contributed by atoms with van der Waals surface area (Å²) in [5.41, 5.74) is 1.23. The molecule has 0 radical (unpaired) electrons. The predicted molar refractivity (Wildman–Crippen MR) is 124 cm³/mol. The van der Waals surface area contributed by atoms with Crippen molar-refractivity contribution in [1.29, 1.82) is 0 Å². The van der Waals surface area contributed by atoms with Gasteiger partial charge in [-0.25, -0.2) is 0 Å². The van der Waals surface area contributed by atoms with E-state index in [0.29, 0.717) is 0 Å². The Balaban J connectivity index is 2.38. The Labute approximate surface area is 172 Å². The van der Waals surface area contributed by atoms with Gasteiger partial charge in [0.25, 0.3) is 0 Å². The number of rotatable bonds is 4. The van der Waals surface area contributed by atoms with Gasteiger partial charge in [0.05, 0.1) is 0 Å². The molecule has 5 heteroatoms. The lowest BCUT2D eigenvalue weighted by atomic mass is 9.87. The lowest BCUT2D eigenvalue weighted by Gasteiger charge is -2.41. The van der Waals surface area contributed by atoms with E-state index in [-0.39, 0.29) is 5.41 Å². The SMILES string of the molecule is CC(C)(C)c1ccc(S(c2ccccc2)(c2ccccc2)S(F)(=S)=S)cc1. The highest BCUT2D eigenvalue weighted by atomic mass is 33.6. The molecule has 0 unspecified atom stereocenters. The fraction of sp³-hybridized carbons (Fsp3) is 0.182. The van der Waals surface area contributed by atoms with Crippen molar-refractivity contribution in [3.05, 3.63) is 90.5 Å². The Bertz CT molecular complexity index is 964. The van der Waals surface area contributed by atoms with Crippen molar-refractivity contribution in [1.82, 2.24) is 0 Å². The van der Waals surface area contributed by atoms with Gasteiger partial charge in [-0.1, -0.05) is 78.4 Å². The molecule has 0 spiro atoms. The Hall–Kier alpha value is -1.27. The van der Waals surface area contributed by atoms with Gasteiger partial charge in [0.15, 0.2) is 0 Å². The molecule has 0 aliphatic heterocycles. The second kappa shape index (κ2) is 7.63. The Kier molecular flexibility index (Phi) is 5.78. The van der Waals surface area contributed by atoms with Crippen molar-refractivity contribution in [2.75, 3.05) is 0 Å². The minimum Gasteiger partial charge on any atom is -0.149 e. The fourth-order valence-corrected chi connectivity index (χ4v) is 13.5. The molecular weight excluding hydrogens is 412 g/mol. The first kappa shape index (κ1) is 20.5. The normalized spacial score (nSPS) is 13.3. The van der Waals surface area contributed by atoms with Gasteiger partial charge < -0.3 is 0 Å². The lowest BCUT2D eigenvalue weighted by molar-refractivity contribution is 0.589. The van der Waals surface area contributed by atoms with Gasteiger partial charge in [0, 0.05) is 14.7 Å². The summed E-state index contributed by atoms with van der Waals surface area (Å²) in [7, 11) is -2.36. The Morgan fingerprint density at radius 2 is 1.00 bits per heavy atom. The summed E-state index contributed by atoms with van der Waals surface area (Å²) in [5.74, 6) is 0. The maximum absolute atomic E-state index is 15.9. The molecule has 0 nitrogen and oxygen atoms in total. The summed E-state index contributed by atoms with van der Waals surface area (Å²) >= 11 is 10.9. The average molecular weight is 435 g/mol. The highest BCUT2D eigenvalue weighted by Gasteiger charge is 2.38. The van der Waals surface area contributed by atoms with Gasteiger partial charge in [-0.2, -0.15) is 0 Å². The molecule has 0 aromatic heterocycles. The average Bonchev–Trinajstić information content (AvgIpc) is 2.63. The lowest BCUT2D eigenvalue weighted by Crippen LogP contribution is -2.13. The largest absolute Gasteiger partial charge is 0.149 e. The molecule has 3 aromatic rings. The van der Waals surface area contributed by atoms with Crippen molar-refractivity contribution in [2.24, 2.45) is 0 Å². The molecule has 27 heavy (non-hydrogen) atoms. The summed E-state index contributed by atoms with van der Waals surface area (Å²) in [6.07, 6.45) is 0. The van der Waals surface area contributed by atoms with Gasteiger partial charge in [0.2, 0.25) is 0 Å². The summed E-state index contributed by atoms with van der Waals surface area (Å²) in [5, 5.41) is 0. The summed E-state index contributed by atoms with van der Waals surface area (Å²) < 4.78 is 15.9. The molecule has 3 aromatic carbocycles. The van der Waals surface area contributed by atoms with Crippen molar-refractivity contribution < 1.29 is 3.89 Å². The summed E-state index contributed by atoms with van der Waals surface area (Å²) in [6, 6.07) is 27.6. The molecule has 142 valence electrons. The third kappa shape index (κ3) is 3.83. The van der Waals surface area contributed by atoms with Crippen LogP contribution in [0.3, 0.4) is 0 Å². The van der Waals surface area contributed by atoms with Crippen LogP contribution in [0.1, 0.15) is 26.3 Å². The van der Waals surface area contributed by atoms with Gasteiger partial charge in [-0.3, -0.25) is 0 Å². The van der Waals surface area contributed by atoms with E-state index in [1.807, 2.05) is 72.8 Å². The molecule has 0 saturated heterocycles. The highest BCUT2D eigenvalue weighted by Crippen LogP contribution is 2.73. The van der Waals surface area contributed by atoms with E-state index in [9.17, 15) is 0 Å². The third-order valence-electron chi connectivity index (χ3n) is 4.50. The predicted octanol–water partition coefficient (Wildman–Crippen LogP) is 7.14. The quantitative estimate of drug-likeness (QED) is 0.316. The van der Waals surface area contributed by atoms with Crippen LogP contribution in [-0.4, -0.2) is 0 Å². The van der Waals surface area contributed by atoms with Crippen molar-refractivity contribution in [2.45, 2.75) is 40.9 Å². The second-order valence-corrected chi connectivity index (χ2v) is 18.2. The number of halogens is 1. The molecule has 0 aliphatic rings. The zero-order chi connectivity index (χ0) is 19.7. The van der Waals surface area contributed by atoms with E-state index in [4.69, 9.17) is 22.4 Å². The Morgan fingerprint density at radius 3 is 1.33 bits per heavy atom. The van der Waals surface area contributed by atoms with Crippen LogP contribution in [0, 0.1) is 0 Å². The monoisotopic (exact) mass is 434 g/mol. The van der Waals surface area contributed by atoms with Crippen LogP contribution in [0.2, 0.25) is 0 Å². The molecule has 3 rings (SSSR count). The standard InChI is InChI=1S/C22H23FS4/c1-22(2,3)18-14-16-21(17-15-18)26(27(23,24)25,19-10-6-4-7-11-19)20-12-8-5-9-13-20/h4-17H,1-3H3. The molecule has 0 saturated carbocycles. The maximum atomic E-state index is 15.9. The van der Waals surface area contributed by atoms with E-state index < -0.39 is 15.6 Å². The van der Waals surface area contributed by atoms with Crippen LogP contribution in [-0.2, 0) is 34.4 Å². The number of hydrogen-bond acceptors (Lipinski definition) is 2. The molecule has 0 heterocycles. The van der Waals surface area contributed by atoms with Crippen LogP contribution >= 0.6 is 9.06 Å². The van der Waals surface area contributed by atoms with E-state index in [1.165, 1.54) is 5.56 Å². The van der Waals surface area contributed by atoms with E-state index in [1.54, 1.807) is 0 Å². The third-order valence-corrected chi connectivity index (χ3v) is 15.1. The van der Waals surface area contributed by atoms with Gasteiger partial charge >= 0.3 is 0 Å². The Morgan fingerprint density at radius 1 is 0.630 bits per heavy atom. The number of hydrogen-bond donors (Lipinski definition) is 0. The maximum Gasteiger partial charge on any atom is 0.108 e. The van der Waals surface area contributed by atoms with Crippen LogP contribution in [0.5, 0.6) is 0 Å². The van der Waals surface area contributed by atoms with E-state index in [2.05, 4.69) is 32.9 Å². The summed E-state index contributed by atoms with van der Waals surface area (Å²) in [4.78, 5) is 2.64. The highest BCUT2D eigenvalue weighted by molar-refractivity contribution is 9.08. The first-order valence-electron chi connectivity index (χ1n) is 8.66. The van der Waals surface area contributed by atoms with Crippen LogP contribution < -0.4 is 0 Å². The topological polar surface area (TPSA) is 0 Å². The molecule has 0 amide bonds. The van der Waals surface area contributed by atoms with Gasteiger partial charge in [-0.05, 0) is 69.8 Å². The molecule has 0 atom stereocenters. The first-order valence-corrected chi connectivity index (χ1v) is 14.2. The molecule has 0 bridgehead atoms. The number of benzene rings is 3. The van der Waals surface area contributed by atoms with Gasteiger partial charge in [0.1, 0.15) is 6.56 Å². The minimum absolute atomic E-state index is 0.0254. The first-order chi connectivity index (χ1) is 12.7. The zero-order valence-corrected chi connectivity index (χ0v) is 18.9. The fourth-order valence-electron chi connectivity index (χ4n) is 3.12. The minimum atomic E-state index is -3.28. The molecular formula is C22H23FS4. The molecule has 0 N–H and O–H groups in total. The van der Waals surface area contributed by atoms with Crippen LogP contribution in [0.4, 0.5) is 3.89 Å².